The van der Waals surface area contributed by atoms with E-state index in [0.717, 1.165) is 13.1 Å². The Bertz CT molecular complexity index is 800. The van der Waals surface area contributed by atoms with Crippen molar-refractivity contribution in [2.45, 2.75) is 9.79 Å². The van der Waals surface area contributed by atoms with Crippen LogP contribution in [0.2, 0.25) is 0 Å². The van der Waals surface area contributed by atoms with Crippen molar-refractivity contribution in [1.82, 2.24) is 10.6 Å². The number of hydrogen-bond donors (Lipinski definition) is 2. The van der Waals surface area contributed by atoms with Crippen molar-refractivity contribution in [2.24, 2.45) is 0 Å². The first-order valence-electron chi connectivity index (χ1n) is 8.16. The van der Waals surface area contributed by atoms with Crippen molar-refractivity contribution in [3.05, 3.63) is 36.4 Å². The van der Waals surface area contributed by atoms with Crippen LogP contribution in [0.3, 0.4) is 0 Å². The van der Waals surface area contributed by atoms with Crippen LogP contribution in [-0.2, 0) is 9.84 Å². The van der Waals surface area contributed by atoms with E-state index >= 15 is 0 Å². The second-order valence-corrected chi connectivity index (χ2v) is 7.61. The number of fused-ring (bicyclic) bond motifs is 3. The Hall–Kier alpha value is -2.09. The van der Waals surface area contributed by atoms with Crippen molar-refractivity contribution in [1.29, 1.82) is 0 Å². The molecular formula is C18H22N2O4S. The number of sulfone groups is 1. The molecule has 1 aliphatic rings. The molecule has 0 unspecified atom stereocenters. The monoisotopic (exact) mass is 362 g/mol. The minimum absolute atomic E-state index is 0.316. The molecule has 0 saturated carbocycles. The van der Waals surface area contributed by atoms with Crippen molar-refractivity contribution in [3.8, 4) is 22.6 Å². The first-order valence-corrected chi connectivity index (χ1v) is 9.64. The van der Waals surface area contributed by atoms with Crippen LogP contribution in [0.1, 0.15) is 0 Å². The molecule has 0 aromatic heterocycles. The van der Waals surface area contributed by atoms with Crippen molar-refractivity contribution >= 4 is 9.84 Å². The molecule has 0 radical (unpaired) electrons. The molecule has 2 aromatic carbocycles. The molecule has 2 aromatic rings. The Labute approximate surface area is 148 Å². The van der Waals surface area contributed by atoms with Gasteiger partial charge in [-0.3, -0.25) is 0 Å². The van der Waals surface area contributed by atoms with E-state index in [9.17, 15) is 8.42 Å². The van der Waals surface area contributed by atoms with Gasteiger partial charge in [-0.25, -0.2) is 8.42 Å². The molecule has 0 amide bonds. The van der Waals surface area contributed by atoms with Gasteiger partial charge >= 0.3 is 0 Å². The molecule has 0 aliphatic carbocycles. The van der Waals surface area contributed by atoms with Gasteiger partial charge in [0.05, 0.1) is 9.79 Å². The summed E-state index contributed by atoms with van der Waals surface area (Å²) in [5.74, 6) is 1.30. The first-order chi connectivity index (χ1) is 12.1. The number of rotatable bonds is 8. The molecule has 25 heavy (non-hydrogen) atoms. The molecule has 134 valence electrons. The van der Waals surface area contributed by atoms with Gasteiger partial charge in [0.15, 0.2) is 0 Å². The van der Waals surface area contributed by atoms with Gasteiger partial charge < -0.3 is 20.1 Å². The number of nitrogens with one attached hydrogen (secondary N) is 2. The quantitative estimate of drug-likeness (QED) is 0.594. The largest absolute Gasteiger partial charge is 0.492 e. The topological polar surface area (TPSA) is 76.7 Å². The van der Waals surface area contributed by atoms with E-state index in [1.165, 1.54) is 0 Å². The summed E-state index contributed by atoms with van der Waals surface area (Å²) < 4.78 is 36.8. The van der Waals surface area contributed by atoms with E-state index in [4.69, 9.17) is 9.47 Å². The first kappa shape index (κ1) is 17.7. The third-order valence-corrected chi connectivity index (χ3v) is 5.88. The lowest BCUT2D eigenvalue weighted by Gasteiger charge is -2.09. The van der Waals surface area contributed by atoms with E-state index in [1.54, 1.807) is 36.4 Å². The fraction of sp³-hybridized carbons (Fsp3) is 0.333. The average molecular weight is 362 g/mol. The molecule has 1 aliphatic heterocycles. The van der Waals surface area contributed by atoms with Crippen LogP contribution in [0.4, 0.5) is 0 Å². The summed E-state index contributed by atoms with van der Waals surface area (Å²) in [5, 5.41) is 6.02. The Morgan fingerprint density at radius 3 is 1.64 bits per heavy atom. The average Bonchev–Trinajstić information content (AvgIpc) is 2.83. The lowest BCUT2D eigenvalue weighted by Crippen LogP contribution is -2.16. The van der Waals surface area contributed by atoms with Gasteiger partial charge in [0.1, 0.15) is 24.7 Å². The summed E-state index contributed by atoms with van der Waals surface area (Å²) in [4.78, 5) is 0.631. The molecule has 0 bridgehead atoms. The lowest BCUT2D eigenvalue weighted by molar-refractivity contribution is 0.318. The molecule has 2 N–H and O–H groups in total. The summed E-state index contributed by atoms with van der Waals surface area (Å²) in [6.45, 7) is 2.47. The predicted molar refractivity (Wildman–Crippen MR) is 96.2 cm³/mol. The molecule has 0 fully saturated rings. The van der Waals surface area contributed by atoms with Gasteiger partial charge in [-0.2, -0.15) is 0 Å². The molecule has 6 nitrogen and oxygen atoms in total. The van der Waals surface area contributed by atoms with Crippen LogP contribution >= 0.6 is 0 Å². The zero-order valence-electron chi connectivity index (χ0n) is 14.3. The van der Waals surface area contributed by atoms with Gasteiger partial charge in [0.25, 0.3) is 0 Å². The van der Waals surface area contributed by atoms with Crippen LogP contribution in [0, 0.1) is 0 Å². The van der Waals surface area contributed by atoms with Crippen LogP contribution < -0.4 is 20.1 Å². The zero-order valence-corrected chi connectivity index (χ0v) is 15.2. The minimum Gasteiger partial charge on any atom is -0.492 e. The highest BCUT2D eigenvalue weighted by molar-refractivity contribution is 7.92. The highest BCUT2D eigenvalue weighted by Gasteiger charge is 2.33. The third kappa shape index (κ3) is 3.49. The van der Waals surface area contributed by atoms with Crippen LogP contribution in [0.5, 0.6) is 11.5 Å². The summed E-state index contributed by atoms with van der Waals surface area (Å²) in [6.07, 6.45) is 0. The Kier molecular flexibility index (Phi) is 5.27. The second kappa shape index (κ2) is 7.43. The molecule has 7 heteroatoms. The number of ether oxygens (including phenoxy) is 2. The summed E-state index contributed by atoms with van der Waals surface area (Å²) in [5.41, 5.74) is 1.33. The molecular weight excluding hydrogens is 340 g/mol. The van der Waals surface area contributed by atoms with Gasteiger partial charge in [-0.15, -0.1) is 0 Å². The predicted octanol–water partition coefficient (Wildman–Crippen LogP) is 1.70. The van der Waals surface area contributed by atoms with Crippen LogP contribution in [-0.4, -0.2) is 48.8 Å². The molecule has 0 spiro atoms. The fourth-order valence-corrected chi connectivity index (χ4v) is 4.40. The fourth-order valence-electron chi connectivity index (χ4n) is 2.75. The van der Waals surface area contributed by atoms with Crippen molar-refractivity contribution in [3.63, 3.8) is 0 Å². The summed E-state index contributed by atoms with van der Waals surface area (Å²) >= 11 is 0. The van der Waals surface area contributed by atoms with E-state index in [1.807, 2.05) is 14.1 Å². The normalized spacial score (nSPS) is 14.0. The van der Waals surface area contributed by atoms with Gasteiger partial charge in [0, 0.05) is 24.2 Å². The summed E-state index contributed by atoms with van der Waals surface area (Å²) in [7, 11) is 0.219. The summed E-state index contributed by atoms with van der Waals surface area (Å²) in [6, 6.07) is 10.2. The lowest BCUT2D eigenvalue weighted by atomic mass is 10.1. The number of likely N-dealkylation sites (N-methyl/N-ethyl adjacent to an activating group) is 2. The van der Waals surface area contributed by atoms with Crippen LogP contribution in [0.25, 0.3) is 11.1 Å². The van der Waals surface area contributed by atoms with Crippen molar-refractivity contribution in [2.75, 3.05) is 40.4 Å². The van der Waals surface area contributed by atoms with E-state index < -0.39 is 9.84 Å². The maximum absolute atomic E-state index is 12.7. The number of hydrogen-bond acceptors (Lipinski definition) is 6. The molecule has 1 heterocycles. The smallest absolute Gasteiger partial charge is 0.207 e. The van der Waals surface area contributed by atoms with Gasteiger partial charge in [0.2, 0.25) is 9.84 Å². The highest BCUT2D eigenvalue weighted by Crippen LogP contribution is 2.45. The van der Waals surface area contributed by atoms with Crippen molar-refractivity contribution < 1.29 is 17.9 Å². The van der Waals surface area contributed by atoms with E-state index in [2.05, 4.69) is 10.6 Å². The van der Waals surface area contributed by atoms with Gasteiger partial charge in [-0.05, 0) is 50.5 Å². The number of benzene rings is 2. The SMILES string of the molecule is CNCCOc1ccc2c(c1)-c1cc(OCCNC)ccc1S2(=O)=O. The maximum Gasteiger partial charge on any atom is 0.207 e. The standard InChI is InChI=1S/C18H22N2O4S/c1-19-7-9-23-13-3-5-17-15(11-13)16-12-14(24-10-8-20-2)4-6-18(16)25(17,21)22/h3-6,11-12,19-20H,7-10H2,1-2H3. The molecule has 0 atom stereocenters. The van der Waals surface area contributed by atoms with Crippen LogP contribution in [0.15, 0.2) is 46.2 Å². The van der Waals surface area contributed by atoms with E-state index in [0.29, 0.717) is 45.6 Å². The third-order valence-electron chi connectivity index (χ3n) is 4.01. The zero-order chi connectivity index (χ0) is 17.9. The minimum atomic E-state index is -3.48. The Morgan fingerprint density at radius 2 is 1.24 bits per heavy atom. The highest BCUT2D eigenvalue weighted by atomic mass is 32.2. The Morgan fingerprint density at radius 1 is 0.800 bits per heavy atom. The maximum atomic E-state index is 12.7. The van der Waals surface area contributed by atoms with E-state index in [-0.39, 0.29) is 0 Å². The second-order valence-electron chi connectivity index (χ2n) is 5.72. The van der Waals surface area contributed by atoms with Gasteiger partial charge in [-0.1, -0.05) is 0 Å². The molecule has 0 saturated heterocycles. The Balaban J connectivity index is 1.95. The molecule has 3 rings (SSSR count).